The minimum atomic E-state index is -4.18. The average molecular weight is 321 g/mol. The van der Waals surface area contributed by atoms with Gasteiger partial charge in [0.15, 0.2) is 0 Å². The molecule has 0 aromatic carbocycles. The van der Waals surface area contributed by atoms with Crippen molar-refractivity contribution >= 4 is 6.03 Å². The Kier molecular flexibility index (Phi) is 5.25. The maximum atomic E-state index is 12.5. The fourth-order valence-corrected chi connectivity index (χ4v) is 2.95. The molecule has 22 heavy (non-hydrogen) atoms. The molecule has 2 fully saturated rings. The standard InChI is InChI=1S/C15H26F3N3O/c1-10(2)11(3)21(13-4-5-13)14(22)19-12-6-7-20(8-12)9-15(16,17)18/h10-13H,4-9H2,1-3H3,(H,19,22)/t11-,12+/m0/s1. The second kappa shape index (κ2) is 6.64. The maximum Gasteiger partial charge on any atom is 0.401 e. The summed E-state index contributed by atoms with van der Waals surface area (Å²) in [6.07, 6.45) is -1.55. The minimum Gasteiger partial charge on any atom is -0.334 e. The molecule has 1 aliphatic heterocycles. The summed E-state index contributed by atoms with van der Waals surface area (Å²) >= 11 is 0. The van der Waals surface area contributed by atoms with Crippen LogP contribution in [0.25, 0.3) is 0 Å². The van der Waals surface area contributed by atoms with Crippen molar-refractivity contribution in [3.8, 4) is 0 Å². The lowest BCUT2D eigenvalue weighted by atomic mass is 10.0. The molecule has 7 heteroatoms. The third-order valence-electron chi connectivity index (χ3n) is 4.58. The van der Waals surface area contributed by atoms with Gasteiger partial charge in [-0.05, 0) is 32.1 Å². The van der Waals surface area contributed by atoms with E-state index in [1.54, 1.807) is 0 Å². The van der Waals surface area contributed by atoms with E-state index in [-0.39, 0.29) is 24.7 Å². The van der Waals surface area contributed by atoms with Crippen LogP contribution in [-0.2, 0) is 0 Å². The molecular formula is C15H26F3N3O. The van der Waals surface area contributed by atoms with Crippen LogP contribution in [0.2, 0.25) is 0 Å². The Bertz CT molecular complexity index is 396. The fourth-order valence-electron chi connectivity index (χ4n) is 2.95. The van der Waals surface area contributed by atoms with E-state index < -0.39 is 12.7 Å². The summed E-state index contributed by atoms with van der Waals surface area (Å²) in [4.78, 5) is 15.7. The van der Waals surface area contributed by atoms with Gasteiger partial charge < -0.3 is 10.2 Å². The first kappa shape index (κ1) is 17.4. The monoisotopic (exact) mass is 321 g/mol. The minimum absolute atomic E-state index is 0.123. The summed E-state index contributed by atoms with van der Waals surface area (Å²) in [7, 11) is 0. The highest BCUT2D eigenvalue weighted by Gasteiger charge is 2.39. The molecule has 1 aliphatic carbocycles. The molecule has 2 rings (SSSR count). The van der Waals surface area contributed by atoms with Gasteiger partial charge in [0.25, 0.3) is 0 Å². The second-order valence-electron chi connectivity index (χ2n) is 6.91. The van der Waals surface area contributed by atoms with Crippen LogP contribution in [-0.4, -0.2) is 59.8 Å². The van der Waals surface area contributed by atoms with E-state index in [1.807, 2.05) is 11.8 Å². The van der Waals surface area contributed by atoms with Gasteiger partial charge in [-0.1, -0.05) is 13.8 Å². The van der Waals surface area contributed by atoms with Crippen LogP contribution >= 0.6 is 0 Å². The molecule has 2 amide bonds. The van der Waals surface area contributed by atoms with Crippen LogP contribution in [0.15, 0.2) is 0 Å². The van der Waals surface area contributed by atoms with Crippen molar-refractivity contribution < 1.29 is 18.0 Å². The Morgan fingerprint density at radius 2 is 1.91 bits per heavy atom. The number of alkyl halides is 3. The number of hydrogen-bond donors (Lipinski definition) is 1. The molecule has 2 atom stereocenters. The smallest absolute Gasteiger partial charge is 0.334 e. The van der Waals surface area contributed by atoms with Gasteiger partial charge in [-0.25, -0.2) is 4.79 Å². The molecule has 1 saturated carbocycles. The van der Waals surface area contributed by atoms with Gasteiger partial charge in [-0.3, -0.25) is 4.90 Å². The van der Waals surface area contributed by atoms with Crippen LogP contribution in [0.1, 0.15) is 40.0 Å². The molecule has 1 N–H and O–H groups in total. The first-order valence-corrected chi connectivity index (χ1v) is 8.05. The van der Waals surface area contributed by atoms with Gasteiger partial charge in [0.1, 0.15) is 0 Å². The molecule has 128 valence electrons. The third kappa shape index (κ3) is 4.76. The highest BCUT2D eigenvalue weighted by Crippen LogP contribution is 2.31. The van der Waals surface area contributed by atoms with E-state index in [1.165, 1.54) is 4.90 Å². The zero-order valence-electron chi connectivity index (χ0n) is 13.5. The normalized spacial score (nSPS) is 24.6. The molecule has 1 heterocycles. The summed E-state index contributed by atoms with van der Waals surface area (Å²) in [5, 5.41) is 2.93. The van der Waals surface area contributed by atoms with Crippen molar-refractivity contribution in [3.63, 3.8) is 0 Å². The van der Waals surface area contributed by atoms with Crippen LogP contribution in [0.4, 0.5) is 18.0 Å². The van der Waals surface area contributed by atoms with Gasteiger partial charge in [0, 0.05) is 31.2 Å². The molecule has 1 saturated heterocycles. The number of carbonyl (C=O) groups is 1. The number of amides is 2. The number of nitrogens with zero attached hydrogens (tertiary/aromatic N) is 2. The Morgan fingerprint density at radius 1 is 1.27 bits per heavy atom. The summed E-state index contributed by atoms with van der Waals surface area (Å²) < 4.78 is 37.2. The molecule has 0 radical (unpaired) electrons. The van der Waals surface area contributed by atoms with Crippen molar-refractivity contribution in [1.29, 1.82) is 0 Å². The van der Waals surface area contributed by atoms with Gasteiger partial charge in [0.2, 0.25) is 0 Å². The van der Waals surface area contributed by atoms with E-state index in [0.717, 1.165) is 12.8 Å². The molecule has 0 unspecified atom stereocenters. The van der Waals surface area contributed by atoms with Crippen LogP contribution in [0.3, 0.4) is 0 Å². The van der Waals surface area contributed by atoms with Gasteiger partial charge in [0.05, 0.1) is 6.54 Å². The van der Waals surface area contributed by atoms with Crippen LogP contribution in [0, 0.1) is 5.92 Å². The van der Waals surface area contributed by atoms with E-state index >= 15 is 0 Å². The number of rotatable bonds is 5. The molecule has 0 spiro atoms. The lowest BCUT2D eigenvalue weighted by Gasteiger charge is -2.33. The first-order chi connectivity index (χ1) is 10.2. The summed E-state index contributed by atoms with van der Waals surface area (Å²) in [6, 6.07) is 0.128. The highest BCUT2D eigenvalue weighted by molar-refractivity contribution is 5.75. The molecule has 0 aromatic rings. The van der Waals surface area contributed by atoms with Crippen molar-refractivity contribution in [2.45, 2.75) is 64.3 Å². The third-order valence-corrected chi connectivity index (χ3v) is 4.58. The lowest BCUT2D eigenvalue weighted by molar-refractivity contribution is -0.143. The van der Waals surface area contributed by atoms with Crippen molar-refractivity contribution in [1.82, 2.24) is 15.1 Å². The van der Waals surface area contributed by atoms with E-state index in [0.29, 0.717) is 24.9 Å². The number of nitrogens with one attached hydrogen (secondary N) is 1. The quantitative estimate of drug-likeness (QED) is 0.845. The Hall–Kier alpha value is -0.980. The zero-order chi connectivity index (χ0) is 16.5. The lowest BCUT2D eigenvalue weighted by Crippen LogP contribution is -2.51. The van der Waals surface area contributed by atoms with E-state index in [9.17, 15) is 18.0 Å². The topological polar surface area (TPSA) is 35.6 Å². The van der Waals surface area contributed by atoms with Gasteiger partial charge in [-0.2, -0.15) is 13.2 Å². The predicted molar refractivity (Wildman–Crippen MR) is 78.6 cm³/mol. The fraction of sp³-hybridized carbons (Fsp3) is 0.933. The molecule has 4 nitrogen and oxygen atoms in total. The Morgan fingerprint density at radius 3 is 2.41 bits per heavy atom. The molecule has 2 aliphatic rings. The zero-order valence-corrected chi connectivity index (χ0v) is 13.5. The number of urea groups is 1. The number of carbonyl (C=O) groups excluding carboxylic acids is 1. The second-order valence-corrected chi connectivity index (χ2v) is 6.91. The Labute approximate surface area is 130 Å². The van der Waals surface area contributed by atoms with Gasteiger partial charge in [-0.15, -0.1) is 0 Å². The number of halogens is 3. The molecule has 0 bridgehead atoms. The summed E-state index contributed by atoms with van der Waals surface area (Å²) in [5.41, 5.74) is 0. The van der Waals surface area contributed by atoms with Crippen LogP contribution < -0.4 is 5.32 Å². The predicted octanol–water partition coefficient (Wildman–Crippen LogP) is 2.84. The van der Waals surface area contributed by atoms with Gasteiger partial charge >= 0.3 is 12.2 Å². The number of hydrogen-bond acceptors (Lipinski definition) is 2. The molecular weight excluding hydrogens is 295 g/mol. The number of likely N-dealkylation sites (tertiary alicyclic amines) is 1. The SMILES string of the molecule is CC(C)[C@H](C)N(C(=O)N[C@@H]1CCN(CC(F)(F)F)C1)C1CC1. The van der Waals surface area contributed by atoms with Crippen molar-refractivity contribution in [2.24, 2.45) is 5.92 Å². The van der Waals surface area contributed by atoms with Crippen molar-refractivity contribution in [3.05, 3.63) is 0 Å². The summed E-state index contributed by atoms with van der Waals surface area (Å²) in [5.74, 6) is 0.358. The average Bonchev–Trinajstić information content (AvgIpc) is 3.10. The Balaban J connectivity index is 1.86. The van der Waals surface area contributed by atoms with Crippen LogP contribution in [0.5, 0.6) is 0 Å². The first-order valence-electron chi connectivity index (χ1n) is 8.05. The molecule has 0 aromatic heterocycles. The van der Waals surface area contributed by atoms with E-state index in [4.69, 9.17) is 0 Å². The maximum absolute atomic E-state index is 12.5. The largest absolute Gasteiger partial charge is 0.401 e. The van der Waals surface area contributed by atoms with Crippen molar-refractivity contribution in [2.75, 3.05) is 19.6 Å². The summed E-state index contributed by atoms with van der Waals surface area (Å²) in [6.45, 7) is 5.95. The van der Waals surface area contributed by atoms with E-state index in [2.05, 4.69) is 19.2 Å². The highest BCUT2D eigenvalue weighted by atomic mass is 19.4.